The van der Waals surface area contributed by atoms with Gasteiger partial charge >= 0.3 is 5.97 Å². The molecule has 1 aliphatic carbocycles. The third-order valence-corrected chi connectivity index (χ3v) is 2.94. The van der Waals surface area contributed by atoms with Crippen LogP contribution in [0.3, 0.4) is 0 Å². The minimum absolute atomic E-state index is 0.0271. The molecule has 0 bridgehead atoms. The number of ether oxygens (including phenoxy) is 2. The van der Waals surface area contributed by atoms with Gasteiger partial charge in [-0.05, 0) is 31.2 Å². The Morgan fingerprint density at radius 3 is 2.84 bits per heavy atom. The van der Waals surface area contributed by atoms with Crippen LogP contribution in [0.4, 0.5) is 10.1 Å². The first-order chi connectivity index (χ1) is 9.11. The molecule has 0 aromatic heterocycles. The summed E-state index contributed by atoms with van der Waals surface area (Å²) in [5.41, 5.74) is 6.01. The Labute approximate surface area is 111 Å². The maximum Gasteiger partial charge on any atom is 0.340 e. The fraction of sp³-hybridized carbons (Fsp3) is 0.500. The van der Waals surface area contributed by atoms with Crippen molar-refractivity contribution >= 4 is 11.7 Å². The molecule has 0 saturated heterocycles. The molecular formula is C14H18FNO3. The van der Waals surface area contributed by atoms with Gasteiger partial charge in [0, 0.05) is 6.07 Å². The molecule has 1 aromatic rings. The molecule has 104 valence electrons. The highest BCUT2D eigenvalue weighted by atomic mass is 19.1. The first-order valence-electron chi connectivity index (χ1n) is 6.50. The zero-order valence-electron chi connectivity index (χ0n) is 10.9. The molecule has 2 rings (SSSR count). The third kappa shape index (κ3) is 3.59. The van der Waals surface area contributed by atoms with Crippen molar-refractivity contribution in [3.8, 4) is 5.75 Å². The number of anilines is 1. The van der Waals surface area contributed by atoms with Crippen molar-refractivity contribution in [3.63, 3.8) is 0 Å². The van der Waals surface area contributed by atoms with Crippen molar-refractivity contribution in [2.45, 2.75) is 26.2 Å². The van der Waals surface area contributed by atoms with Gasteiger partial charge in [0.05, 0.1) is 24.5 Å². The maximum absolute atomic E-state index is 13.5. The number of carbonyl (C=O) groups is 1. The average Bonchev–Trinajstić information content (AvgIpc) is 3.20. The van der Waals surface area contributed by atoms with Crippen molar-refractivity contribution in [2.75, 3.05) is 18.9 Å². The van der Waals surface area contributed by atoms with E-state index in [-0.39, 0.29) is 23.6 Å². The average molecular weight is 267 g/mol. The minimum Gasteiger partial charge on any atom is -0.491 e. The molecular weight excluding hydrogens is 249 g/mol. The van der Waals surface area contributed by atoms with E-state index in [1.807, 2.05) is 6.92 Å². The Kier molecular flexibility index (Phi) is 4.24. The number of benzene rings is 1. The zero-order chi connectivity index (χ0) is 13.8. The van der Waals surface area contributed by atoms with Crippen molar-refractivity contribution in [1.82, 2.24) is 0 Å². The molecule has 1 saturated carbocycles. The van der Waals surface area contributed by atoms with E-state index in [0.29, 0.717) is 18.9 Å². The van der Waals surface area contributed by atoms with Gasteiger partial charge in [0.1, 0.15) is 11.6 Å². The number of halogens is 1. The molecule has 1 aliphatic rings. The van der Waals surface area contributed by atoms with Crippen LogP contribution in [0, 0.1) is 11.7 Å². The topological polar surface area (TPSA) is 61.5 Å². The maximum atomic E-state index is 13.5. The van der Waals surface area contributed by atoms with E-state index in [1.54, 1.807) is 0 Å². The Morgan fingerprint density at radius 1 is 1.47 bits per heavy atom. The molecule has 1 aromatic carbocycles. The van der Waals surface area contributed by atoms with Crippen molar-refractivity contribution in [2.24, 2.45) is 5.92 Å². The number of esters is 1. The highest BCUT2D eigenvalue weighted by molar-refractivity contribution is 5.96. The van der Waals surface area contributed by atoms with Gasteiger partial charge in [-0.25, -0.2) is 9.18 Å². The van der Waals surface area contributed by atoms with Crippen LogP contribution in [0.1, 0.15) is 36.5 Å². The monoisotopic (exact) mass is 267 g/mol. The molecule has 5 heteroatoms. The summed E-state index contributed by atoms with van der Waals surface area (Å²) in [6.07, 6.45) is 2.95. The van der Waals surface area contributed by atoms with Crippen LogP contribution in [0.15, 0.2) is 12.1 Å². The number of nitrogens with two attached hydrogens (primary N) is 1. The number of hydrogen-bond donors (Lipinski definition) is 1. The van der Waals surface area contributed by atoms with Crippen LogP contribution in [0.5, 0.6) is 5.75 Å². The predicted molar refractivity (Wildman–Crippen MR) is 69.6 cm³/mol. The summed E-state index contributed by atoms with van der Waals surface area (Å²) in [5.74, 6) is -0.424. The van der Waals surface area contributed by atoms with Gasteiger partial charge in [0.2, 0.25) is 0 Å². The number of hydrogen-bond acceptors (Lipinski definition) is 4. The highest BCUT2D eigenvalue weighted by Crippen LogP contribution is 2.32. The van der Waals surface area contributed by atoms with Crippen LogP contribution in [-0.4, -0.2) is 19.2 Å². The van der Waals surface area contributed by atoms with Gasteiger partial charge in [-0.2, -0.15) is 0 Å². The molecule has 0 aliphatic heterocycles. The Hall–Kier alpha value is -1.78. The summed E-state index contributed by atoms with van der Waals surface area (Å²) in [4.78, 5) is 11.8. The summed E-state index contributed by atoms with van der Waals surface area (Å²) in [6.45, 7) is 2.68. The Bertz CT molecular complexity index is 472. The lowest BCUT2D eigenvalue weighted by atomic mass is 10.1. The van der Waals surface area contributed by atoms with Gasteiger partial charge in [0.15, 0.2) is 0 Å². The third-order valence-electron chi connectivity index (χ3n) is 2.94. The smallest absolute Gasteiger partial charge is 0.340 e. The number of nitrogen functional groups attached to an aromatic ring is 1. The van der Waals surface area contributed by atoms with E-state index in [0.717, 1.165) is 18.9 Å². The number of rotatable bonds is 6. The fourth-order valence-electron chi connectivity index (χ4n) is 1.65. The van der Waals surface area contributed by atoms with Crippen LogP contribution in [0.25, 0.3) is 0 Å². The summed E-state index contributed by atoms with van der Waals surface area (Å²) in [7, 11) is 0. The molecule has 0 unspecified atom stereocenters. The van der Waals surface area contributed by atoms with Gasteiger partial charge in [-0.3, -0.25) is 0 Å². The SMILES string of the molecule is CCCOC(=O)c1cc(F)cc(OCC2CC2)c1N. The first-order valence-corrected chi connectivity index (χ1v) is 6.50. The van der Waals surface area contributed by atoms with Crippen LogP contribution < -0.4 is 10.5 Å². The molecule has 0 spiro atoms. The molecule has 2 N–H and O–H groups in total. The van der Waals surface area contributed by atoms with Crippen LogP contribution >= 0.6 is 0 Å². The van der Waals surface area contributed by atoms with Gasteiger partial charge < -0.3 is 15.2 Å². The number of carbonyl (C=O) groups excluding carboxylic acids is 1. The molecule has 0 radical (unpaired) electrons. The summed E-state index contributed by atoms with van der Waals surface area (Å²) in [5, 5.41) is 0. The minimum atomic E-state index is -0.616. The summed E-state index contributed by atoms with van der Waals surface area (Å²) < 4.78 is 23.9. The second-order valence-electron chi connectivity index (χ2n) is 4.76. The van der Waals surface area contributed by atoms with Gasteiger partial charge in [0.25, 0.3) is 0 Å². The molecule has 19 heavy (non-hydrogen) atoms. The van der Waals surface area contributed by atoms with Crippen LogP contribution in [0.2, 0.25) is 0 Å². The van der Waals surface area contributed by atoms with Crippen molar-refractivity contribution < 1.29 is 18.7 Å². The fourth-order valence-corrected chi connectivity index (χ4v) is 1.65. The Morgan fingerprint density at radius 2 is 2.21 bits per heavy atom. The molecule has 0 amide bonds. The molecule has 0 heterocycles. The predicted octanol–water partition coefficient (Wildman–Crippen LogP) is 2.76. The van der Waals surface area contributed by atoms with E-state index in [9.17, 15) is 9.18 Å². The molecule has 1 fully saturated rings. The second kappa shape index (κ2) is 5.91. The standard InChI is InChI=1S/C14H18FNO3/c1-2-5-18-14(17)11-6-10(15)7-12(13(11)16)19-8-9-3-4-9/h6-7,9H,2-5,8,16H2,1H3. The van der Waals surface area contributed by atoms with E-state index < -0.39 is 11.8 Å². The van der Waals surface area contributed by atoms with E-state index >= 15 is 0 Å². The van der Waals surface area contributed by atoms with Gasteiger partial charge in [-0.1, -0.05) is 6.92 Å². The summed E-state index contributed by atoms with van der Waals surface area (Å²) in [6, 6.07) is 2.28. The molecule has 4 nitrogen and oxygen atoms in total. The van der Waals surface area contributed by atoms with Crippen LogP contribution in [-0.2, 0) is 4.74 Å². The summed E-state index contributed by atoms with van der Waals surface area (Å²) >= 11 is 0. The quantitative estimate of drug-likeness (QED) is 0.636. The zero-order valence-corrected chi connectivity index (χ0v) is 10.9. The first kappa shape index (κ1) is 13.6. The lowest BCUT2D eigenvalue weighted by molar-refractivity contribution is 0.0505. The van der Waals surface area contributed by atoms with Crippen molar-refractivity contribution in [1.29, 1.82) is 0 Å². The normalized spacial score (nSPS) is 14.2. The van der Waals surface area contributed by atoms with E-state index in [1.165, 1.54) is 6.07 Å². The largest absolute Gasteiger partial charge is 0.491 e. The molecule has 0 atom stereocenters. The lowest BCUT2D eigenvalue weighted by Gasteiger charge is -2.12. The highest BCUT2D eigenvalue weighted by Gasteiger charge is 2.23. The second-order valence-corrected chi connectivity index (χ2v) is 4.76. The van der Waals surface area contributed by atoms with Crippen molar-refractivity contribution in [3.05, 3.63) is 23.5 Å². The van der Waals surface area contributed by atoms with E-state index in [4.69, 9.17) is 15.2 Å². The lowest BCUT2D eigenvalue weighted by Crippen LogP contribution is -2.11. The van der Waals surface area contributed by atoms with E-state index in [2.05, 4.69) is 0 Å². The van der Waals surface area contributed by atoms with Gasteiger partial charge in [-0.15, -0.1) is 0 Å². The Balaban J connectivity index is 2.14.